The van der Waals surface area contributed by atoms with E-state index < -0.39 is 0 Å². The predicted octanol–water partition coefficient (Wildman–Crippen LogP) is 1.78. The van der Waals surface area contributed by atoms with Crippen molar-refractivity contribution < 1.29 is 9.53 Å². The normalized spacial score (nSPS) is 21.8. The molecule has 2 N–H and O–H groups in total. The average molecular weight is 256 g/mol. The van der Waals surface area contributed by atoms with Gasteiger partial charge in [-0.2, -0.15) is 0 Å². The van der Waals surface area contributed by atoms with Crippen LogP contribution in [0.15, 0.2) is 0 Å². The number of carbonyl (C=O) groups excluding carboxylic acids is 1. The Kier molecular flexibility index (Phi) is 6.09. The minimum Gasteiger partial charge on any atom is -0.377 e. The van der Waals surface area contributed by atoms with E-state index >= 15 is 0 Å². The maximum atomic E-state index is 12.0. The van der Waals surface area contributed by atoms with E-state index in [-0.39, 0.29) is 17.4 Å². The van der Waals surface area contributed by atoms with Crippen LogP contribution in [0.2, 0.25) is 0 Å². The smallest absolute Gasteiger partial charge is 0.222 e. The fourth-order valence-electron chi connectivity index (χ4n) is 2.33. The maximum absolute atomic E-state index is 12.0. The van der Waals surface area contributed by atoms with Gasteiger partial charge in [0, 0.05) is 32.7 Å². The number of rotatable bonds is 6. The van der Waals surface area contributed by atoms with Crippen molar-refractivity contribution in [2.75, 3.05) is 26.2 Å². The Balaban J connectivity index is 2.43. The third-order valence-electron chi connectivity index (χ3n) is 3.81. The quantitative estimate of drug-likeness (QED) is 0.788. The summed E-state index contributed by atoms with van der Waals surface area (Å²) in [6.45, 7) is 9.32. The first-order valence-electron chi connectivity index (χ1n) is 7.08. The van der Waals surface area contributed by atoms with Gasteiger partial charge in [-0.25, -0.2) is 0 Å². The van der Waals surface area contributed by atoms with E-state index in [1.165, 1.54) is 0 Å². The lowest BCUT2D eigenvalue weighted by Crippen LogP contribution is -2.35. The van der Waals surface area contributed by atoms with E-state index in [2.05, 4.69) is 13.8 Å². The monoisotopic (exact) mass is 256 g/mol. The van der Waals surface area contributed by atoms with Crippen LogP contribution in [0, 0.1) is 5.41 Å². The molecular weight excluding hydrogens is 228 g/mol. The minimum absolute atomic E-state index is 0.0825. The van der Waals surface area contributed by atoms with E-state index in [1.54, 1.807) is 0 Å². The molecule has 1 aliphatic rings. The number of ether oxygens (including phenoxy) is 1. The van der Waals surface area contributed by atoms with Crippen molar-refractivity contribution in [1.29, 1.82) is 0 Å². The molecule has 0 bridgehead atoms. The molecule has 1 atom stereocenters. The SMILES string of the molecule is CCOC(CN)CCN1CCC(C)(C)CCC1=O. The molecule has 0 aromatic carbocycles. The first-order valence-corrected chi connectivity index (χ1v) is 7.08. The number of hydrogen-bond acceptors (Lipinski definition) is 3. The summed E-state index contributed by atoms with van der Waals surface area (Å²) in [7, 11) is 0. The Morgan fingerprint density at radius 3 is 2.78 bits per heavy atom. The van der Waals surface area contributed by atoms with Crippen molar-refractivity contribution in [1.82, 2.24) is 4.90 Å². The predicted molar refractivity (Wildman–Crippen MR) is 73.3 cm³/mol. The summed E-state index contributed by atoms with van der Waals surface area (Å²) in [6.07, 6.45) is 3.68. The molecule has 1 rings (SSSR count). The fraction of sp³-hybridized carbons (Fsp3) is 0.929. The highest BCUT2D eigenvalue weighted by molar-refractivity contribution is 5.76. The Bertz CT molecular complexity index is 267. The molecule has 0 aliphatic carbocycles. The molecule has 1 amide bonds. The van der Waals surface area contributed by atoms with Crippen LogP contribution in [0.5, 0.6) is 0 Å². The fourth-order valence-corrected chi connectivity index (χ4v) is 2.33. The van der Waals surface area contributed by atoms with E-state index in [9.17, 15) is 4.79 Å². The van der Waals surface area contributed by atoms with Crippen LogP contribution in [0.3, 0.4) is 0 Å². The molecule has 1 unspecified atom stereocenters. The highest BCUT2D eigenvalue weighted by Gasteiger charge is 2.27. The lowest BCUT2D eigenvalue weighted by Gasteiger charge is -2.25. The first-order chi connectivity index (χ1) is 8.48. The largest absolute Gasteiger partial charge is 0.377 e. The molecule has 4 nitrogen and oxygen atoms in total. The van der Waals surface area contributed by atoms with Crippen molar-refractivity contribution in [3.8, 4) is 0 Å². The van der Waals surface area contributed by atoms with Crippen LogP contribution in [0.4, 0.5) is 0 Å². The molecule has 1 fully saturated rings. The summed E-state index contributed by atoms with van der Waals surface area (Å²) >= 11 is 0. The summed E-state index contributed by atoms with van der Waals surface area (Å²) in [4.78, 5) is 14.0. The van der Waals surface area contributed by atoms with Gasteiger partial charge in [-0.3, -0.25) is 4.79 Å². The average Bonchev–Trinajstić information content (AvgIpc) is 2.46. The number of nitrogens with zero attached hydrogens (tertiary/aromatic N) is 1. The van der Waals surface area contributed by atoms with Gasteiger partial charge < -0.3 is 15.4 Å². The van der Waals surface area contributed by atoms with E-state index in [4.69, 9.17) is 10.5 Å². The van der Waals surface area contributed by atoms with Gasteiger partial charge in [0.25, 0.3) is 0 Å². The van der Waals surface area contributed by atoms with Gasteiger partial charge in [0.15, 0.2) is 0 Å². The zero-order valence-corrected chi connectivity index (χ0v) is 12.1. The summed E-state index contributed by atoms with van der Waals surface area (Å²) in [5.41, 5.74) is 5.94. The zero-order chi connectivity index (χ0) is 13.6. The van der Waals surface area contributed by atoms with Gasteiger partial charge in [-0.1, -0.05) is 13.8 Å². The molecule has 0 radical (unpaired) electrons. The first kappa shape index (κ1) is 15.4. The highest BCUT2D eigenvalue weighted by Crippen LogP contribution is 2.30. The third kappa shape index (κ3) is 4.94. The summed E-state index contributed by atoms with van der Waals surface area (Å²) in [5, 5.41) is 0. The Labute approximate surface area is 111 Å². The number of likely N-dealkylation sites (tertiary alicyclic amines) is 1. The minimum atomic E-state index is 0.0825. The van der Waals surface area contributed by atoms with Crippen molar-refractivity contribution in [3.05, 3.63) is 0 Å². The standard InChI is InChI=1S/C14H28N2O2/c1-4-18-12(11-15)6-9-16-10-8-14(2,3)7-5-13(16)17/h12H,4-11,15H2,1-3H3. The topological polar surface area (TPSA) is 55.6 Å². The van der Waals surface area contributed by atoms with Crippen LogP contribution in [0.25, 0.3) is 0 Å². The maximum Gasteiger partial charge on any atom is 0.222 e. The van der Waals surface area contributed by atoms with E-state index in [1.807, 2.05) is 11.8 Å². The highest BCUT2D eigenvalue weighted by atomic mass is 16.5. The molecule has 1 aliphatic heterocycles. The number of amides is 1. The van der Waals surface area contributed by atoms with Crippen LogP contribution in [0.1, 0.15) is 46.5 Å². The van der Waals surface area contributed by atoms with Gasteiger partial charge in [-0.05, 0) is 31.6 Å². The van der Waals surface area contributed by atoms with Crippen LogP contribution >= 0.6 is 0 Å². The Morgan fingerprint density at radius 2 is 2.17 bits per heavy atom. The molecule has 0 saturated carbocycles. The summed E-state index contributed by atoms with van der Waals surface area (Å²) in [6, 6.07) is 0. The van der Waals surface area contributed by atoms with E-state index in [0.29, 0.717) is 19.6 Å². The van der Waals surface area contributed by atoms with E-state index in [0.717, 1.165) is 32.4 Å². The number of hydrogen-bond donors (Lipinski definition) is 1. The molecule has 1 saturated heterocycles. The lowest BCUT2D eigenvalue weighted by atomic mass is 9.85. The molecule has 18 heavy (non-hydrogen) atoms. The summed E-state index contributed by atoms with van der Waals surface area (Å²) in [5.74, 6) is 0.285. The van der Waals surface area contributed by atoms with Crippen molar-refractivity contribution in [3.63, 3.8) is 0 Å². The molecule has 0 aromatic heterocycles. The molecule has 1 heterocycles. The van der Waals surface area contributed by atoms with Gasteiger partial charge in [-0.15, -0.1) is 0 Å². The zero-order valence-electron chi connectivity index (χ0n) is 12.1. The van der Waals surface area contributed by atoms with Crippen molar-refractivity contribution in [2.45, 2.75) is 52.6 Å². The molecule has 4 heteroatoms. The lowest BCUT2D eigenvalue weighted by molar-refractivity contribution is -0.131. The third-order valence-corrected chi connectivity index (χ3v) is 3.81. The van der Waals surface area contributed by atoms with Gasteiger partial charge in [0.2, 0.25) is 5.91 Å². The number of nitrogens with two attached hydrogens (primary N) is 1. The van der Waals surface area contributed by atoms with Gasteiger partial charge >= 0.3 is 0 Å². The van der Waals surface area contributed by atoms with Gasteiger partial charge in [0.05, 0.1) is 6.10 Å². The number of carbonyl (C=O) groups is 1. The molecule has 0 spiro atoms. The Morgan fingerprint density at radius 1 is 1.44 bits per heavy atom. The molecule has 106 valence electrons. The second-order valence-electron chi connectivity index (χ2n) is 5.90. The summed E-state index contributed by atoms with van der Waals surface area (Å²) < 4.78 is 5.53. The van der Waals surface area contributed by atoms with Crippen molar-refractivity contribution in [2.24, 2.45) is 11.1 Å². The van der Waals surface area contributed by atoms with Crippen LogP contribution in [-0.4, -0.2) is 43.2 Å². The Hall–Kier alpha value is -0.610. The van der Waals surface area contributed by atoms with Gasteiger partial charge in [0.1, 0.15) is 0 Å². The van der Waals surface area contributed by atoms with Crippen LogP contribution in [-0.2, 0) is 9.53 Å². The van der Waals surface area contributed by atoms with Crippen LogP contribution < -0.4 is 5.73 Å². The second-order valence-corrected chi connectivity index (χ2v) is 5.90. The molecular formula is C14H28N2O2. The second kappa shape index (κ2) is 7.10. The molecule has 0 aromatic rings. The van der Waals surface area contributed by atoms with Crippen molar-refractivity contribution >= 4 is 5.91 Å².